The molecule has 2 aromatic carbocycles. The molecular weight excluding hydrogens is 312 g/mol. The molecule has 0 aliphatic carbocycles. The highest BCUT2D eigenvalue weighted by molar-refractivity contribution is 5.55. The summed E-state index contributed by atoms with van der Waals surface area (Å²) in [6.07, 6.45) is 1.18. The zero-order valence-corrected chi connectivity index (χ0v) is 14.4. The van der Waals surface area contributed by atoms with Crippen LogP contribution in [0.4, 0.5) is 11.7 Å². The van der Waals surface area contributed by atoms with Crippen LogP contribution in [-0.4, -0.2) is 36.8 Å². The van der Waals surface area contributed by atoms with Gasteiger partial charge in [0.1, 0.15) is 0 Å². The van der Waals surface area contributed by atoms with Gasteiger partial charge in [-0.2, -0.15) is 4.98 Å². The number of hydrogen-bond acceptors (Lipinski definition) is 5. The van der Waals surface area contributed by atoms with Crippen LogP contribution in [0, 0.1) is 5.92 Å². The second-order valence-electron chi connectivity index (χ2n) is 6.58. The zero-order chi connectivity index (χ0) is 17.1. The predicted octanol–water partition coefficient (Wildman–Crippen LogP) is 3.70. The van der Waals surface area contributed by atoms with E-state index in [2.05, 4.69) is 50.3 Å². The smallest absolute Gasteiger partial charge is 0.324 e. The zero-order valence-electron chi connectivity index (χ0n) is 14.4. The maximum atomic E-state index is 5.45. The topological polar surface area (TPSA) is 45.4 Å². The van der Waals surface area contributed by atoms with E-state index in [0.29, 0.717) is 17.8 Å². The summed E-state index contributed by atoms with van der Waals surface area (Å²) in [6, 6.07) is 21.1. The largest absolute Gasteiger partial charge is 0.371 e. The van der Waals surface area contributed by atoms with Gasteiger partial charge in [0, 0.05) is 37.9 Å². The van der Waals surface area contributed by atoms with Crippen LogP contribution >= 0.6 is 0 Å². The average Bonchev–Trinajstić information content (AvgIpc) is 3.33. The maximum absolute atomic E-state index is 5.45. The van der Waals surface area contributed by atoms with Gasteiger partial charge in [0.25, 0.3) is 0 Å². The van der Waals surface area contributed by atoms with Crippen molar-refractivity contribution in [1.29, 1.82) is 0 Å². The Balaban J connectivity index is 1.38. The van der Waals surface area contributed by atoms with Crippen LogP contribution in [0.3, 0.4) is 0 Å². The normalized spacial score (nSPS) is 17.0. The van der Waals surface area contributed by atoms with E-state index < -0.39 is 0 Å². The fourth-order valence-electron chi connectivity index (χ4n) is 3.40. The van der Waals surface area contributed by atoms with Crippen LogP contribution in [0.15, 0.2) is 65.2 Å². The molecule has 0 saturated carbocycles. The first-order valence-electron chi connectivity index (χ1n) is 8.70. The molecule has 1 aliphatic rings. The predicted molar refractivity (Wildman–Crippen MR) is 99.8 cm³/mol. The first-order valence-corrected chi connectivity index (χ1v) is 8.70. The fraction of sp³-hybridized carbons (Fsp3) is 0.300. The molecule has 0 unspecified atom stereocenters. The first kappa shape index (κ1) is 15.7. The number of hydrogen-bond donors (Lipinski definition) is 0. The first-order chi connectivity index (χ1) is 12.3. The Morgan fingerprint density at radius 1 is 1.08 bits per heavy atom. The van der Waals surface area contributed by atoms with Crippen LogP contribution < -0.4 is 9.80 Å². The highest BCUT2D eigenvalue weighted by Gasteiger charge is 2.25. The SMILES string of the molecule is CN(C[C@H]1CCN(c2ccccc2)C1)c1nc(-c2ccccc2)no1. The van der Waals surface area contributed by atoms with Crippen molar-refractivity contribution >= 4 is 11.7 Å². The monoisotopic (exact) mass is 334 g/mol. The summed E-state index contributed by atoms with van der Waals surface area (Å²) >= 11 is 0. The van der Waals surface area contributed by atoms with E-state index in [1.807, 2.05) is 37.4 Å². The van der Waals surface area contributed by atoms with Crippen molar-refractivity contribution in [2.75, 3.05) is 36.5 Å². The molecule has 3 aromatic rings. The molecule has 0 N–H and O–H groups in total. The van der Waals surface area contributed by atoms with Crippen LogP contribution in [0.5, 0.6) is 0 Å². The van der Waals surface area contributed by atoms with Crippen LogP contribution in [0.1, 0.15) is 6.42 Å². The van der Waals surface area contributed by atoms with Crippen LogP contribution in [-0.2, 0) is 0 Å². The molecule has 1 aliphatic heterocycles. The highest BCUT2D eigenvalue weighted by Crippen LogP contribution is 2.25. The molecule has 1 atom stereocenters. The molecule has 25 heavy (non-hydrogen) atoms. The van der Waals surface area contributed by atoms with Crippen molar-refractivity contribution in [2.24, 2.45) is 5.92 Å². The van der Waals surface area contributed by atoms with E-state index >= 15 is 0 Å². The van der Waals surface area contributed by atoms with Gasteiger partial charge in [-0.3, -0.25) is 0 Å². The number of benzene rings is 2. The van der Waals surface area contributed by atoms with E-state index in [-0.39, 0.29) is 0 Å². The highest BCUT2D eigenvalue weighted by atomic mass is 16.5. The fourth-order valence-corrected chi connectivity index (χ4v) is 3.40. The number of nitrogens with zero attached hydrogens (tertiary/aromatic N) is 4. The summed E-state index contributed by atoms with van der Waals surface area (Å²) in [5.74, 6) is 1.23. The lowest BCUT2D eigenvalue weighted by Gasteiger charge is -2.21. The van der Waals surface area contributed by atoms with Crippen molar-refractivity contribution < 1.29 is 4.52 Å². The van der Waals surface area contributed by atoms with Crippen molar-refractivity contribution in [2.45, 2.75) is 6.42 Å². The third-order valence-electron chi connectivity index (χ3n) is 4.71. The van der Waals surface area contributed by atoms with E-state index in [1.165, 1.54) is 12.1 Å². The van der Waals surface area contributed by atoms with Crippen molar-refractivity contribution in [3.05, 3.63) is 60.7 Å². The number of rotatable bonds is 5. The van der Waals surface area contributed by atoms with Gasteiger partial charge in [0.05, 0.1) is 0 Å². The lowest BCUT2D eigenvalue weighted by Crippen LogP contribution is -2.28. The van der Waals surface area contributed by atoms with E-state index in [9.17, 15) is 0 Å². The van der Waals surface area contributed by atoms with Crippen molar-refractivity contribution in [3.63, 3.8) is 0 Å². The number of para-hydroxylation sites is 1. The Labute approximate surface area is 147 Å². The van der Waals surface area contributed by atoms with Crippen LogP contribution in [0.2, 0.25) is 0 Å². The van der Waals surface area contributed by atoms with Gasteiger partial charge in [-0.05, 0) is 24.5 Å². The van der Waals surface area contributed by atoms with Crippen molar-refractivity contribution in [3.8, 4) is 11.4 Å². The summed E-state index contributed by atoms with van der Waals surface area (Å²) in [5.41, 5.74) is 2.28. The van der Waals surface area contributed by atoms with Gasteiger partial charge in [-0.1, -0.05) is 53.7 Å². The van der Waals surface area contributed by atoms with Crippen LogP contribution in [0.25, 0.3) is 11.4 Å². The Morgan fingerprint density at radius 3 is 2.56 bits per heavy atom. The van der Waals surface area contributed by atoms with Gasteiger partial charge in [-0.25, -0.2) is 0 Å². The standard InChI is InChI=1S/C20H22N4O/c1-23(20-21-19(22-25-20)17-8-4-2-5-9-17)14-16-12-13-24(15-16)18-10-6-3-7-11-18/h2-11,16H,12-15H2,1H3/t16-/m1/s1. The molecule has 2 heterocycles. The Hall–Kier alpha value is -2.82. The van der Waals surface area contributed by atoms with Gasteiger partial charge in [0.15, 0.2) is 0 Å². The maximum Gasteiger partial charge on any atom is 0.324 e. The van der Waals surface area contributed by atoms with Gasteiger partial charge >= 0.3 is 6.01 Å². The summed E-state index contributed by atoms with van der Waals surface area (Å²) < 4.78 is 5.45. The molecule has 0 spiro atoms. The molecular formula is C20H22N4O. The molecule has 0 bridgehead atoms. The minimum absolute atomic E-state index is 0.581. The third-order valence-corrected chi connectivity index (χ3v) is 4.71. The lowest BCUT2D eigenvalue weighted by molar-refractivity contribution is 0.411. The number of aromatic nitrogens is 2. The van der Waals surface area contributed by atoms with E-state index in [0.717, 1.165) is 25.2 Å². The third kappa shape index (κ3) is 3.50. The molecule has 4 rings (SSSR count). The summed E-state index contributed by atoms with van der Waals surface area (Å²) in [7, 11) is 2.02. The lowest BCUT2D eigenvalue weighted by atomic mass is 10.1. The molecule has 0 radical (unpaired) electrons. The minimum Gasteiger partial charge on any atom is -0.371 e. The van der Waals surface area contributed by atoms with E-state index in [1.54, 1.807) is 0 Å². The second-order valence-corrected chi connectivity index (χ2v) is 6.58. The quantitative estimate of drug-likeness (QED) is 0.712. The Bertz CT molecular complexity index is 803. The van der Waals surface area contributed by atoms with Crippen molar-refractivity contribution in [1.82, 2.24) is 10.1 Å². The molecule has 5 nitrogen and oxygen atoms in total. The molecule has 5 heteroatoms. The van der Waals surface area contributed by atoms with Gasteiger partial charge < -0.3 is 14.3 Å². The summed E-state index contributed by atoms with van der Waals surface area (Å²) in [5, 5.41) is 4.11. The average molecular weight is 334 g/mol. The summed E-state index contributed by atoms with van der Waals surface area (Å²) in [6.45, 7) is 3.08. The molecule has 0 amide bonds. The van der Waals surface area contributed by atoms with Gasteiger partial charge in [-0.15, -0.1) is 0 Å². The second kappa shape index (κ2) is 6.97. The van der Waals surface area contributed by atoms with Gasteiger partial charge in [0.2, 0.25) is 5.82 Å². The molecule has 1 aromatic heterocycles. The molecule has 128 valence electrons. The summed E-state index contributed by atoms with van der Waals surface area (Å²) in [4.78, 5) is 9.05. The number of anilines is 2. The molecule has 1 fully saturated rings. The Morgan fingerprint density at radius 2 is 1.80 bits per heavy atom. The minimum atomic E-state index is 0.581. The van der Waals surface area contributed by atoms with E-state index in [4.69, 9.17) is 4.52 Å². The molecule has 1 saturated heterocycles. The Kier molecular flexibility index (Phi) is 4.37.